The lowest BCUT2D eigenvalue weighted by molar-refractivity contribution is 0.336. The van der Waals surface area contributed by atoms with Gasteiger partial charge in [0.15, 0.2) is 5.96 Å². The summed E-state index contributed by atoms with van der Waals surface area (Å²) in [6, 6.07) is 6.26. The number of aryl methyl sites for hydroxylation is 1. The van der Waals surface area contributed by atoms with Gasteiger partial charge >= 0.3 is 0 Å². The fourth-order valence-corrected chi connectivity index (χ4v) is 1.83. The number of hydrogen-bond acceptors (Lipinski definition) is 2. The van der Waals surface area contributed by atoms with E-state index in [1.807, 2.05) is 6.92 Å². The Kier molecular flexibility index (Phi) is 7.55. The molecule has 0 unspecified atom stereocenters. The van der Waals surface area contributed by atoms with E-state index in [1.54, 1.807) is 0 Å². The van der Waals surface area contributed by atoms with E-state index in [-0.39, 0.29) is 0 Å². The SMILES string of the molecule is CCCNC(=NCc1ccc(C)cc1OCC)NCC. The van der Waals surface area contributed by atoms with Crippen LogP contribution in [0.25, 0.3) is 0 Å². The number of benzene rings is 1. The molecule has 1 aromatic rings. The normalized spacial score (nSPS) is 11.3. The monoisotopic (exact) mass is 277 g/mol. The minimum Gasteiger partial charge on any atom is -0.494 e. The van der Waals surface area contributed by atoms with E-state index >= 15 is 0 Å². The third kappa shape index (κ3) is 5.51. The molecule has 0 spiro atoms. The van der Waals surface area contributed by atoms with Crippen LogP contribution in [0.4, 0.5) is 0 Å². The second kappa shape index (κ2) is 9.23. The number of guanidine groups is 1. The first-order valence-electron chi connectivity index (χ1n) is 7.45. The van der Waals surface area contributed by atoms with Gasteiger partial charge in [0.2, 0.25) is 0 Å². The summed E-state index contributed by atoms with van der Waals surface area (Å²) in [6.07, 6.45) is 1.08. The Bertz CT molecular complexity index is 430. The van der Waals surface area contributed by atoms with Crippen LogP contribution in [0.3, 0.4) is 0 Å². The summed E-state index contributed by atoms with van der Waals surface area (Å²) in [5, 5.41) is 6.55. The third-order valence-electron chi connectivity index (χ3n) is 2.82. The Balaban J connectivity index is 2.78. The molecule has 0 aromatic heterocycles. The number of nitrogens with zero attached hydrogens (tertiary/aromatic N) is 1. The quantitative estimate of drug-likeness (QED) is 0.595. The van der Waals surface area contributed by atoms with Gasteiger partial charge in [-0.3, -0.25) is 0 Å². The van der Waals surface area contributed by atoms with Crippen LogP contribution in [0.2, 0.25) is 0 Å². The van der Waals surface area contributed by atoms with Crippen molar-refractivity contribution in [1.82, 2.24) is 10.6 Å². The Morgan fingerprint density at radius 3 is 2.65 bits per heavy atom. The van der Waals surface area contributed by atoms with Crippen molar-refractivity contribution in [2.24, 2.45) is 4.99 Å². The van der Waals surface area contributed by atoms with E-state index in [9.17, 15) is 0 Å². The summed E-state index contributed by atoms with van der Waals surface area (Å²) in [4.78, 5) is 4.61. The van der Waals surface area contributed by atoms with Crippen molar-refractivity contribution in [2.75, 3.05) is 19.7 Å². The summed E-state index contributed by atoms with van der Waals surface area (Å²) < 4.78 is 5.68. The summed E-state index contributed by atoms with van der Waals surface area (Å²) in [5.41, 5.74) is 2.32. The van der Waals surface area contributed by atoms with E-state index in [0.717, 1.165) is 36.8 Å². The molecule has 4 nitrogen and oxygen atoms in total. The Hall–Kier alpha value is -1.71. The smallest absolute Gasteiger partial charge is 0.191 e. The predicted molar refractivity (Wildman–Crippen MR) is 85.5 cm³/mol. The van der Waals surface area contributed by atoms with Gasteiger partial charge < -0.3 is 15.4 Å². The van der Waals surface area contributed by atoms with Crippen molar-refractivity contribution in [1.29, 1.82) is 0 Å². The first-order valence-corrected chi connectivity index (χ1v) is 7.45. The highest BCUT2D eigenvalue weighted by molar-refractivity contribution is 5.79. The lowest BCUT2D eigenvalue weighted by Gasteiger charge is -2.12. The van der Waals surface area contributed by atoms with Crippen LogP contribution in [-0.2, 0) is 6.54 Å². The standard InChI is InChI=1S/C16H27N3O/c1-5-10-18-16(17-6-2)19-12-14-9-8-13(4)11-15(14)20-7-3/h8-9,11H,5-7,10,12H2,1-4H3,(H2,17,18,19). The van der Waals surface area contributed by atoms with Gasteiger partial charge in [0.05, 0.1) is 13.2 Å². The molecule has 0 amide bonds. The topological polar surface area (TPSA) is 45.7 Å². The molecular weight excluding hydrogens is 250 g/mol. The summed E-state index contributed by atoms with van der Waals surface area (Å²) in [5.74, 6) is 1.79. The van der Waals surface area contributed by atoms with Gasteiger partial charge in [0, 0.05) is 18.7 Å². The van der Waals surface area contributed by atoms with Crippen LogP contribution in [0.15, 0.2) is 23.2 Å². The summed E-state index contributed by atoms with van der Waals surface area (Å²) in [6.45, 7) is 11.4. The van der Waals surface area contributed by atoms with Gasteiger partial charge in [-0.25, -0.2) is 4.99 Å². The molecule has 20 heavy (non-hydrogen) atoms. The number of hydrogen-bond donors (Lipinski definition) is 2. The molecule has 2 N–H and O–H groups in total. The molecule has 0 radical (unpaired) electrons. The van der Waals surface area contributed by atoms with E-state index in [1.165, 1.54) is 5.56 Å². The molecule has 4 heteroatoms. The van der Waals surface area contributed by atoms with Crippen molar-refractivity contribution < 1.29 is 4.74 Å². The molecule has 0 bridgehead atoms. The maximum absolute atomic E-state index is 5.68. The van der Waals surface area contributed by atoms with Gasteiger partial charge in [0.25, 0.3) is 0 Å². The Labute approximate surface area is 122 Å². The molecule has 0 aliphatic carbocycles. The molecular formula is C16H27N3O. The van der Waals surface area contributed by atoms with Crippen LogP contribution in [0.1, 0.15) is 38.3 Å². The van der Waals surface area contributed by atoms with E-state index in [0.29, 0.717) is 13.2 Å². The fourth-order valence-electron chi connectivity index (χ4n) is 1.83. The van der Waals surface area contributed by atoms with Crippen molar-refractivity contribution in [3.63, 3.8) is 0 Å². The molecule has 0 atom stereocenters. The second-order valence-corrected chi connectivity index (χ2v) is 4.67. The number of aliphatic imine (C=N–C) groups is 1. The number of nitrogens with one attached hydrogen (secondary N) is 2. The first-order chi connectivity index (χ1) is 9.71. The minimum atomic E-state index is 0.620. The molecule has 0 saturated heterocycles. The largest absolute Gasteiger partial charge is 0.494 e. The van der Waals surface area contributed by atoms with Gasteiger partial charge in [-0.1, -0.05) is 19.1 Å². The van der Waals surface area contributed by atoms with Crippen molar-refractivity contribution in [3.05, 3.63) is 29.3 Å². The molecule has 112 valence electrons. The number of rotatable bonds is 7. The van der Waals surface area contributed by atoms with Gasteiger partial charge in [-0.15, -0.1) is 0 Å². The van der Waals surface area contributed by atoms with E-state index in [2.05, 4.69) is 54.6 Å². The van der Waals surface area contributed by atoms with Crippen LogP contribution in [0, 0.1) is 6.92 Å². The van der Waals surface area contributed by atoms with Crippen LogP contribution in [0.5, 0.6) is 5.75 Å². The molecule has 1 aromatic carbocycles. The average Bonchev–Trinajstić information content (AvgIpc) is 2.44. The average molecular weight is 277 g/mol. The third-order valence-corrected chi connectivity index (χ3v) is 2.82. The number of ether oxygens (including phenoxy) is 1. The zero-order chi connectivity index (χ0) is 14.8. The molecule has 0 aliphatic rings. The molecule has 1 rings (SSSR count). The molecule has 0 fully saturated rings. The Morgan fingerprint density at radius 2 is 2.00 bits per heavy atom. The fraction of sp³-hybridized carbons (Fsp3) is 0.562. The van der Waals surface area contributed by atoms with Gasteiger partial charge in [-0.2, -0.15) is 0 Å². The predicted octanol–water partition coefficient (Wildman–Crippen LogP) is 2.86. The van der Waals surface area contributed by atoms with Gasteiger partial charge in [0.1, 0.15) is 5.75 Å². The first kappa shape index (κ1) is 16.3. The van der Waals surface area contributed by atoms with E-state index in [4.69, 9.17) is 4.74 Å². The molecule has 0 heterocycles. The zero-order valence-electron chi connectivity index (χ0n) is 13.1. The molecule has 0 aliphatic heterocycles. The minimum absolute atomic E-state index is 0.620. The summed E-state index contributed by atoms with van der Waals surface area (Å²) in [7, 11) is 0. The van der Waals surface area contributed by atoms with Crippen molar-refractivity contribution in [2.45, 2.75) is 40.7 Å². The highest BCUT2D eigenvalue weighted by Gasteiger charge is 2.04. The van der Waals surface area contributed by atoms with Crippen molar-refractivity contribution >= 4 is 5.96 Å². The highest BCUT2D eigenvalue weighted by Crippen LogP contribution is 2.21. The molecule has 0 saturated carbocycles. The van der Waals surface area contributed by atoms with Gasteiger partial charge in [-0.05, 0) is 38.8 Å². The lowest BCUT2D eigenvalue weighted by Crippen LogP contribution is -2.37. The van der Waals surface area contributed by atoms with E-state index < -0.39 is 0 Å². The van der Waals surface area contributed by atoms with Crippen LogP contribution < -0.4 is 15.4 Å². The maximum atomic E-state index is 5.68. The Morgan fingerprint density at radius 1 is 1.20 bits per heavy atom. The maximum Gasteiger partial charge on any atom is 0.191 e. The van der Waals surface area contributed by atoms with Crippen LogP contribution in [-0.4, -0.2) is 25.7 Å². The second-order valence-electron chi connectivity index (χ2n) is 4.67. The highest BCUT2D eigenvalue weighted by atomic mass is 16.5. The van der Waals surface area contributed by atoms with Crippen molar-refractivity contribution in [3.8, 4) is 5.75 Å². The van der Waals surface area contributed by atoms with Crippen LogP contribution >= 0.6 is 0 Å². The zero-order valence-corrected chi connectivity index (χ0v) is 13.1. The lowest BCUT2D eigenvalue weighted by atomic mass is 10.1. The summed E-state index contributed by atoms with van der Waals surface area (Å²) >= 11 is 0.